The first-order valence-corrected chi connectivity index (χ1v) is 8.50. The molecule has 4 heteroatoms. The topological polar surface area (TPSA) is 43.1 Å². The molecule has 0 heterocycles. The molecule has 2 aliphatic carbocycles. The van der Waals surface area contributed by atoms with E-state index >= 15 is 0 Å². The fourth-order valence-electron chi connectivity index (χ4n) is 1.87. The van der Waals surface area contributed by atoms with Gasteiger partial charge >= 0.3 is 17.1 Å². The molecule has 10 radical (unpaired) electrons. The maximum Gasteiger partial charge on any atom is 2.00 e. The Balaban J connectivity index is 0.000000622. The molecule has 2 aliphatic rings. The Bertz CT molecular complexity index is 316. The molecule has 122 valence electrons. The second-order valence-electron chi connectivity index (χ2n) is 6.46. The van der Waals surface area contributed by atoms with Crippen molar-refractivity contribution in [2.75, 3.05) is 0 Å². The summed E-state index contributed by atoms with van der Waals surface area (Å²) in [5.74, 6) is 1.39. The second kappa shape index (κ2) is 10.5. The summed E-state index contributed by atoms with van der Waals surface area (Å²) >= 11 is 0. The van der Waals surface area contributed by atoms with E-state index in [4.69, 9.17) is 5.73 Å². The van der Waals surface area contributed by atoms with Gasteiger partial charge in [-0.25, -0.2) is 0 Å². The van der Waals surface area contributed by atoms with Gasteiger partial charge in [0.05, 0.1) is 5.25 Å². The van der Waals surface area contributed by atoms with Crippen LogP contribution >= 0.6 is 0 Å². The van der Waals surface area contributed by atoms with Crippen LogP contribution in [0.3, 0.4) is 0 Å². The normalized spacial score (nSPS) is 22.9. The van der Waals surface area contributed by atoms with Gasteiger partial charge in [-0.1, -0.05) is 13.8 Å². The molecular formula is C18H27FeNOS+2. The first-order chi connectivity index (χ1) is 9.75. The average molecular weight is 361 g/mol. The molecule has 0 aromatic carbocycles. The summed E-state index contributed by atoms with van der Waals surface area (Å²) in [6, 6.07) is -0.0312. The predicted molar refractivity (Wildman–Crippen MR) is 91.6 cm³/mol. The summed E-state index contributed by atoms with van der Waals surface area (Å²) in [7, 11) is -0.998. The van der Waals surface area contributed by atoms with Gasteiger partial charge in [-0.15, -0.1) is 0 Å². The second-order valence-corrected chi connectivity index (χ2v) is 8.66. The minimum absolute atomic E-state index is 0. The zero-order valence-corrected chi connectivity index (χ0v) is 15.9. The summed E-state index contributed by atoms with van der Waals surface area (Å²) in [5.41, 5.74) is 6.13. The third-order valence-electron chi connectivity index (χ3n) is 3.20. The zero-order valence-electron chi connectivity index (χ0n) is 14.0. The summed E-state index contributed by atoms with van der Waals surface area (Å²) < 4.78 is 12.1. The van der Waals surface area contributed by atoms with E-state index in [9.17, 15) is 4.21 Å². The number of hydrogen-bond acceptors (Lipinski definition) is 2. The minimum atomic E-state index is -0.998. The maximum absolute atomic E-state index is 12.3. The summed E-state index contributed by atoms with van der Waals surface area (Å²) in [4.78, 5) is 0. The zero-order chi connectivity index (χ0) is 16.0. The molecule has 0 aromatic rings. The van der Waals surface area contributed by atoms with Gasteiger partial charge < -0.3 is 5.73 Å². The van der Waals surface area contributed by atoms with Gasteiger partial charge in [-0.3, -0.25) is 4.21 Å². The molecule has 0 aromatic heterocycles. The van der Waals surface area contributed by atoms with E-state index in [2.05, 4.69) is 13.8 Å². The average Bonchev–Trinajstić information content (AvgIpc) is 3.09. The van der Waals surface area contributed by atoms with Crippen molar-refractivity contribution in [3.63, 3.8) is 0 Å². The first kappa shape index (κ1) is 22.6. The standard InChI is InChI=1S/C13H22NOS.C5H5.Fe/c1-9(2)12(14)10-7-6-8-11(10)16(15)13(3,4)5;1-2-4-5-3-1;/h6-9,12H,14H2,1-5H3;1-5H;/q;;+2/t12-,16+;;/m0../s1. The van der Waals surface area contributed by atoms with Crippen LogP contribution in [-0.2, 0) is 27.9 Å². The van der Waals surface area contributed by atoms with E-state index < -0.39 is 10.8 Å². The van der Waals surface area contributed by atoms with Crippen LogP contribution in [0.2, 0.25) is 0 Å². The molecule has 0 saturated heterocycles. The third kappa shape index (κ3) is 7.03. The SMILES string of the molecule is CC(C)[C@H](N)[C]1[CH][CH][CH][C]1[S@@](=O)C(C)(C)C.[CH]1[CH][CH][CH][CH]1.[Fe+2]. The van der Waals surface area contributed by atoms with E-state index in [1.807, 2.05) is 72.1 Å². The van der Waals surface area contributed by atoms with E-state index in [0.29, 0.717) is 5.92 Å². The Kier molecular flexibility index (Phi) is 10.8. The van der Waals surface area contributed by atoms with Gasteiger partial charge in [0.2, 0.25) is 0 Å². The molecule has 0 unspecified atom stereocenters. The van der Waals surface area contributed by atoms with Crippen LogP contribution in [0.15, 0.2) is 0 Å². The van der Waals surface area contributed by atoms with Gasteiger partial charge in [0, 0.05) is 27.5 Å². The van der Waals surface area contributed by atoms with E-state index in [0.717, 1.165) is 11.2 Å². The third-order valence-corrected chi connectivity index (χ3v) is 5.08. The molecule has 2 atom stereocenters. The van der Waals surface area contributed by atoms with Gasteiger partial charge in [-0.05, 0) is 78.1 Å². The fourth-order valence-corrected chi connectivity index (χ4v) is 3.15. The van der Waals surface area contributed by atoms with Crippen LogP contribution < -0.4 is 5.73 Å². The molecule has 2 fully saturated rings. The van der Waals surface area contributed by atoms with Crippen molar-refractivity contribution in [2.45, 2.75) is 45.4 Å². The fraction of sp³-hybridized carbons (Fsp3) is 0.444. The van der Waals surface area contributed by atoms with Crippen LogP contribution in [0.5, 0.6) is 0 Å². The van der Waals surface area contributed by atoms with E-state index in [1.54, 1.807) is 0 Å². The van der Waals surface area contributed by atoms with Gasteiger partial charge in [0.15, 0.2) is 0 Å². The molecule has 0 spiro atoms. The Labute approximate surface area is 151 Å². The van der Waals surface area contributed by atoms with Crippen molar-refractivity contribution in [1.82, 2.24) is 0 Å². The van der Waals surface area contributed by atoms with E-state index in [-0.39, 0.29) is 27.9 Å². The Hall–Kier alpha value is 0.629. The van der Waals surface area contributed by atoms with Crippen molar-refractivity contribution in [2.24, 2.45) is 11.7 Å². The molecule has 22 heavy (non-hydrogen) atoms. The summed E-state index contributed by atoms with van der Waals surface area (Å²) in [5, 5.41) is 0.897. The number of nitrogens with two attached hydrogens (primary N) is 1. The molecule has 2 saturated carbocycles. The Morgan fingerprint density at radius 2 is 1.41 bits per heavy atom. The summed E-state index contributed by atoms with van der Waals surface area (Å²) in [6.07, 6.45) is 15.9. The van der Waals surface area contributed by atoms with Crippen LogP contribution in [0, 0.1) is 68.5 Å². The largest absolute Gasteiger partial charge is 2.00 e. The van der Waals surface area contributed by atoms with Crippen molar-refractivity contribution < 1.29 is 21.3 Å². The Morgan fingerprint density at radius 1 is 0.955 bits per heavy atom. The van der Waals surface area contributed by atoms with Gasteiger partial charge in [-0.2, -0.15) is 0 Å². The molecule has 0 bridgehead atoms. The predicted octanol–water partition coefficient (Wildman–Crippen LogP) is 3.27. The Morgan fingerprint density at radius 3 is 1.77 bits per heavy atom. The van der Waals surface area contributed by atoms with Gasteiger partial charge in [0.1, 0.15) is 0 Å². The van der Waals surface area contributed by atoms with Crippen LogP contribution in [-0.4, -0.2) is 15.0 Å². The van der Waals surface area contributed by atoms with Crippen molar-refractivity contribution in [1.29, 1.82) is 0 Å². The molecule has 2 N–H and O–H groups in total. The first-order valence-electron chi connectivity index (χ1n) is 7.35. The molecule has 2 rings (SSSR count). The number of rotatable bonds is 3. The van der Waals surface area contributed by atoms with Crippen molar-refractivity contribution in [3.8, 4) is 0 Å². The quantitative estimate of drug-likeness (QED) is 0.784. The van der Waals surface area contributed by atoms with Crippen LogP contribution in [0.1, 0.15) is 34.6 Å². The van der Waals surface area contributed by atoms with Crippen LogP contribution in [0.4, 0.5) is 0 Å². The van der Waals surface area contributed by atoms with Crippen LogP contribution in [0.25, 0.3) is 0 Å². The smallest absolute Gasteiger partial charge is 0.327 e. The molecular weight excluding hydrogens is 334 g/mol. The molecule has 0 amide bonds. The monoisotopic (exact) mass is 361 g/mol. The van der Waals surface area contributed by atoms with Crippen molar-refractivity contribution >= 4 is 10.8 Å². The summed E-state index contributed by atoms with van der Waals surface area (Å²) in [6.45, 7) is 10.1. The molecule has 2 nitrogen and oxygen atoms in total. The minimum Gasteiger partial charge on any atom is -0.327 e. The number of hydrogen-bond donors (Lipinski definition) is 1. The molecule has 0 aliphatic heterocycles. The van der Waals surface area contributed by atoms with E-state index in [1.165, 1.54) is 0 Å². The van der Waals surface area contributed by atoms with Crippen molar-refractivity contribution in [3.05, 3.63) is 62.5 Å². The van der Waals surface area contributed by atoms with Gasteiger partial charge in [0.25, 0.3) is 0 Å². The maximum atomic E-state index is 12.3.